The Balaban J connectivity index is 2.19. The van der Waals surface area contributed by atoms with Gasteiger partial charge in [-0.1, -0.05) is 39.0 Å². The molecular formula is C25H27N2+. The number of rotatable bonds is 0. The van der Waals surface area contributed by atoms with Gasteiger partial charge in [0, 0.05) is 21.7 Å². The Bertz CT molecular complexity index is 1230. The van der Waals surface area contributed by atoms with Gasteiger partial charge in [0.25, 0.3) is 5.65 Å². The summed E-state index contributed by atoms with van der Waals surface area (Å²) in [4.78, 5) is 0. The lowest BCUT2D eigenvalue weighted by Crippen LogP contribution is -2.50. The summed E-state index contributed by atoms with van der Waals surface area (Å²) in [6.45, 7) is 13.8. The van der Waals surface area contributed by atoms with Gasteiger partial charge in [-0.25, -0.2) is 4.57 Å². The molecular weight excluding hydrogens is 328 g/mol. The maximum Gasteiger partial charge on any atom is 0.295 e. The molecule has 0 aliphatic carbocycles. The first kappa shape index (κ1) is 16.6. The zero-order chi connectivity index (χ0) is 19.1. The van der Waals surface area contributed by atoms with Gasteiger partial charge in [0.15, 0.2) is 0 Å². The number of para-hydroxylation sites is 2. The van der Waals surface area contributed by atoms with Crippen LogP contribution in [0.5, 0.6) is 0 Å². The van der Waals surface area contributed by atoms with Crippen molar-refractivity contribution in [3.05, 3.63) is 60.3 Å². The van der Waals surface area contributed by atoms with E-state index in [1.165, 1.54) is 43.8 Å². The van der Waals surface area contributed by atoms with E-state index in [4.69, 9.17) is 0 Å². The molecule has 3 heterocycles. The monoisotopic (exact) mass is 355 g/mol. The van der Waals surface area contributed by atoms with Crippen LogP contribution in [-0.4, -0.2) is 4.40 Å². The topological polar surface area (TPSA) is 8.29 Å². The lowest BCUT2D eigenvalue weighted by Gasteiger charge is -2.20. The average molecular weight is 356 g/mol. The van der Waals surface area contributed by atoms with E-state index in [9.17, 15) is 0 Å². The Morgan fingerprint density at radius 1 is 0.667 bits per heavy atom. The van der Waals surface area contributed by atoms with Gasteiger partial charge in [0.2, 0.25) is 0 Å². The highest BCUT2D eigenvalue weighted by Crippen LogP contribution is 2.41. The van der Waals surface area contributed by atoms with Gasteiger partial charge in [0.1, 0.15) is 16.6 Å². The standard InChI is InChI=1S/C25H27N2/c1-24(2,3)20-14-8-12-17-16-10-7-11-18-19-13-9-15-26(25(4,5)6)23(19)27(21(16)18)22(17)20/h7-15H,1-6H3/q+1. The van der Waals surface area contributed by atoms with Crippen LogP contribution < -0.4 is 4.57 Å². The second-order valence-electron chi connectivity index (χ2n) is 9.78. The minimum atomic E-state index is 0.00692. The quantitative estimate of drug-likeness (QED) is 0.293. The molecule has 0 aliphatic rings. The van der Waals surface area contributed by atoms with Crippen LogP contribution >= 0.6 is 0 Å². The predicted octanol–water partition coefficient (Wildman–Crippen LogP) is 6.18. The van der Waals surface area contributed by atoms with Crippen LogP contribution in [-0.2, 0) is 11.0 Å². The smallest absolute Gasteiger partial charge is 0.229 e. The summed E-state index contributed by atoms with van der Waals surface area (Å²) in [5.74, 6) is 0. The summed E-state index contributed by atoms with van der Waals surface area (Å²) in [5.41, 5.74) is 5.49. The lowest BCUT2D eigenvalue weighted by molar-refractivity contribution is -0.732. The summed E-state index contributed by atoms with van der Waals surface area (Å²) in [6, 6.07) is 18.0. The highest BCUT2D eigenvalue weighted by molar-refractivity contribution is 6.22. The molecule has 0 radical (unpaired) electrons. The second kappa shape index (κ2) is 5.01. The van der Waals surface area contributed by atoms with Crippen molar-refractivity contribution in [2.75, 3.05) is 0 Å². The Hall–Kier alpha value is -2.61. The normalized spacial score (nSPS) is 13.6. The second-order valence-corrected chi connectivity index (χ2v) is 9.78. The molecule has 5 rings (SSSR count). The van der Waals surface area contributed by atoms with Crippen LogP contribution in [0.25, 0.3) is 38.2 Å². The minimum Gasteiger partial charge on any atom is -0.229 e. The van der Waals surface area contributed by atoms with E-state index in [1.807, 2.05) is 0 Å². The Labute approximate surface area is 160 Å². The first-order chi connectivity index (χ1) is 12.7. The Kier molecular flexibility index (Phi) is 3.07. The van der Waals surface area contributed by atoms with E-state index in [1.54, 1.807) is 0 Å². The molecule has 2 heteroatoms. The molecule has 0 unspecified atom stereocenters. The fraction of sp³-hybridized carbons (Fsp3) is 0.320. The van der Waals surface area contributed by atoms with Crippen molar-refractivity contribution in [2.24, 2.45) is 0 Å². The number of benzene rings is 2. The van der Waals surface area contributed by atoms with Gasteiger partial charge in [-0.05, 0) is 56.5 Å². The first-order valence-corrected chi connectivity index (χ1v) is 9.82. The van der Waals surface area contributed by atoms with Crippen molar-refractivity contribution in [1.29, 1.82) is 0 Å². The van der Waals surface area contributed by atoms with Crippen molar-refractivity contribution in [1.82, 2.24) is 4.40 Å². The van der Waals surface area contributed by atoms with E-state index in [0.717, 1.165) is 0 Å². The van der Waals surface area contributed by atoms with Crippen molar-refractivity contribution >= 4 is 38.2 Å². The first-order valence-electron chi connectivity index (χ1n) is 9.82. The molecule has 5 aromatic rings. The molecule has 0 atom stereocenters. The van der Waals surface area contributed by atoms with Crippen LogP contribution in [0.15, 0.2) is 54.7 Å². The summed E-state index contributed by atoms with van der Waals surface area (Å²) in [5, 5.41) is 5.38. The minimum absolute atomic E-state index is 0.00692. The summed E-state index contributed by atoms with van der Waals surface area (Å²) < 4.78 is 4.96. The number of fused-ring (bicyclic) bond motifs is 6. The largest absolute Gasteiger partial charge is 0.295 e. The molecule has 0 saturated carbocycles. The van der Waals surface area contributed by atoms with Crippen molar-refractivity contribution < 1.29 is 4.57 Å². The van der Waals surface area contributed by atoms with Crippen LogP contribution in [0.4, 0.5) is 0 Å². The summed E-state index contributed by atoms with van der Waals surface area (Å²) >= 11 is 0. The number of nitrogens with zero attached hydrogens (tertiary/aromatic N) is 2. The van der Waals surface area contributed by atoms with Crippen LogP contribution in [0.2, 0.25) is 0 Å². The molecule has 0 aliphatic heterocycles. The van der Waals surface area contributed by atoms with Gasteiger partial charge in [-0.2, -0.15) is 4.40 Å². The van der Waals surface area contributed by atoms with Crippen LogP contribution in [0.3, 0.4) is 0 Å². The molecule has 0 amide bonds. The Morgan fingerprint density at radius 2 is 1.22 bits per heavy atom. The molecule has 2 aromatic carbocycles. The average Bonchev–Trinajstić information content (AvgIpc) is 3.11. The van der Waals surface area contributed by atoms with Crippen molar-refractivity contribution in [3.8, 4) is 0 Å². The third-order valence-corrected chi connectivity index (χ3v) is 5.81. The third kappa shape index (κ3) is 2.10. The molecule has 136 valence electrons. The zero-order valence-corrected chi connectivity index (χ0v) is 17.1. The lowest BCUT2D eigenvalue weighted by atomic mass is 9.85. The van der Waals surface area contributed by atoms with Crippen molar-refractivity contribution in [2.45, 2.75) is 52.5 Å². The SMILES string of the molecule is CC(C)(C)c1cccc2c3cccc4c5ccc[n+](C(C)(C)C)c5n(c12)c34. The maximum absolute atomic E-state index is 2.53. The molecule has 3 aromatic heterocycles. The predicted molar refractivity (Wildman–Crippen MR) is 115 cm³/mol. The zero-order valence-electron chi connectivity index (χ0n) is 17.1. The maximum atomic E-state index is 2.53. The van der Waals surface area contributed by atoms with Crippen LogP contribution in [0, 0.1) is 0 Å². The van der Waals surface area contributed by atoms with Gasteiger partial charge in [-0.3, -0.25) is 0 Å². The third-order valence-electron chi connectivity index (χ3n) is 5.81. The van der Waals surface area contributed by atoms with E-state index in [0.29, 0.717) is 0 Å². The molecule has 0 spiro atoms. The van der Waals surface area contributed by atoms with Gasteiger partial charge in [0.05, 0.1) is 11.6 Å². The number of aromatic nitrogens is 2. The number of hydrogen-bond donors (Lipinski definition) is 0. The molecule has 2 nitrogen and oxygen atoms in total. The Morgan fingerprint density at radius 3 is 1.85 bits per heavy atom. The fourth-order valence-corrected chi connectivity index (χ4v) is 4.63. The highest BCUT2D eigenvalue weighted by atomic mass is 15.1. The van der Waals surface area contributed by atoms with E-state index >= 15 is 0 Å². The summed E-state index contributed by atoms with van der Waals surface area (Å²) in [6.07, 6.45) is 2.22. The van der Waals surface area contributed by atoms with E-state index < -0.39 is 0 Å². The molecule has 0 N–H and O–H groups in total. The molecule has 0 fully saturated rings. The number of pyridine rings is 1. The molecule has 27 heavy (non-hydrogen) atoms. The van der Waals surface area contributed by atoms with Crippen molar-refractivity contribution in [3.63, 3.8) is 0 Å². The highest BCUT2D eigenvalue weighted by Gasteiger charge is 2.32. The molecule has 0 bridgehead atoms. The van der Waals surface area contributed by atoms with E-state index in [2.05, 4.69) is 105 Å². The van der Waals surface area contributed by atoms with Gasteiger partial charge >= 0.3 is 0 Å². The van der Waals surface area contributed by atoms with Gasteiger partial charge < -0.3 is 0 Å². The number of hydrogen-bond acceptors (Lipinski definition) is 0. The molecule has 0 saturated heterocycles. The van der Waals surface area contributed by atoms with Gasteiger partial charge in [-0.15, -0.1) is 0 Å². The summed E-state index contributed by atoms with van der Waals surface area (Å²) in [7, 11) is 0. The van der Waals surface area contributed by atoms with E-state index in [-0.39, 0.29) is 11.0 Å². The van der Waals surface area contributed by atoms with Crippen LogP contribution in [0.1, 0.15) is 47.1 Å². The fourth-order valence-electron chi connectivity index (χ4n) is 4.63.